The van der Waals surface area contributed by atoms with Crippen molar-refractivity contribution in [2.24, 2.45) is 0 Å². The van der Waals surface area contributed by atoms with E-state index < -0.39 is 0 Å². The summed E-state index contributed by atoms with van der Waals surface area (Å²) in [5.74, 6) is -0.0724. The molecule has 0 radical (unpaired) electrons. The zero-order chi connectivity index (χ0) is 14.8. The third-order valence-electron chi connectivity index (χ3n) is 3.09. The van der Waals surface area contributed by atoms with E-state index in [0.717, 1.165) is 10.5 Å². The molecule has 1 aromatic heterocycles. The summed E-state index contributed by atoms with van der Waals surface area (Å²) in [6, 6.07) is 17.0. The second kappa shape index (κ2) is 5.54. The molecule has 0 aliphatic carbocycles. The Bertz CT molecular complexity index is 805. The summed E-state index contributed by atoms with van der Waals surface area (Å²) >= 11 is 1.25. The molecule has 0 saturated heterocycles. The first-order valence-corrected chi connectivity index (χ1v) is 7.31. The Morgan fingerprint density at radius 2 is 1.71 bits per heavy atom. The van der Waals surface area contributed by atoms with Crippen LogP contribution in [0.15, 0.2) is 69.2 Å². The van der Waals surface area contributed by atoms with Crippen molar-refractivity contribution in [2.75, 3.05) is 0 Å². The first-order valence-electron chi connectivity index (χ1n) is 6.49. The van der Waals surface area contributed by atoms with E-state index in [1.165, 1.54) is 16.4 Å². The van der Waals surface area contributed by atoms with Crippen LogP contribution in [-0.4, -0.2) is 14.9 Å². The summed E-state index contributed by atoms with van der Waals surface area (Å²) in [5.41, 5.74) is 1.56. The quantitative estimate of drug-likeness (QED) is 0.780. The normalized spacial score (nSPS) is 10.7. The van der Waals surface area contributed by atoms with Crippen LogP contribution in [0.5, 0.6) is 5.88 Å². The van der Waals surface area contributed by atoms with Gasteiger partial charge in [0.05, 0.1) is 5.69 Å². The maximum atomic E-state index is 12.0. The van der Waals surface area contributed by atoms with Gasteiger partial charge in [-0.05, 0) is 31.2 Å². The van der Waals surface area contributed by atoms with Crippen LogP contribution in [0.25, 0.3) is 5.69 Å². The molecular weight excluding hydrogens is 284 g/mol. The van der Waals surface area contributed by atoms with Gasteiger partial charge in [0.2, 0.25) is 5.88 Å². The van der Waals surface area contributed by atoms with Crippen molar-refractivity contribution < 1.29 is 5.11 Å². The van der Waals surface area contributed by atoms with E-state index in [9.17, 15) is 9.90 Å². The van der Waals surface area contributed by atoms with Gasteiger partial charge in [0.25, 0.3) is 5.56 Å². The monoisotopic (exact) mass is 298 g/mol. The molecule has 3 rings (SSSR count). The van der Waals surface area contributed by atoms with Crippen LogP contribution >= 0.6 is 11.8 Å². The Morgan fingerprint density at radius 1 is 1.05 bits per heavy atom. The molecule has 0 spiro atoms. The van der Waals surface area contributed by atoms with Crippen molar-refractivity contribution in [3.05, 3.63) is 70.5 Å². The maximum Gasteiger partial charge on any atom is 0.282 e. The van der Waals surface area contributed by atoms with E-state index in [1.807, 2.05) is 61.5 Å². The highest BCUT2D eigenvalue weighted by Crippen LogP contribution is 2.32. The predicted molar refractivity (Wildman–Crippen MR) is 83.4 cm³/mol. The molecule has 0 bridgehead atoms. The van der Waals surface area contributed by atoms with Crippen molar-refractivity contribution in [1.29, 1.82) is 0 Å². The van der Waals surface area contributed by atoms with E-state index in [-0.39, 0.29) is 11.4 Å². The Balaban J connectivity index is 1.99. The summed E-state index contributed by atoms with van der Waals surface area (Å²) in [7, 11) is 0. The molecule has 21 heavy (non-hydrogen) atoms. The highest BCUT2D eigenvalue weighted by Gasteiger charge is 2.16. The van der Waals surface area contributed by atoms with Crippen LogP contribution in [0.2, 0.25) is 0 Å². The Morgan fingerprint density at radius 3 is 2.38 bits per heavy atom. The molecule has 3 aromatic rings. The zero-order valence-corrected chi connectivity index (χ0v) is 12.2. The number of aromatic amines is 1. The lowest BCUT2D eigenvalue weighted by Crippen LogP contribution is -2.04. The van der Waals surface area contributed by atoms with Gasteiger partial charge in [0, 0.05) is 4.90 Å². The number of nitrogens with zero attached hydrogens (tertiary/aromatic N) is 1. The minimum atomic E-state index is -0.304. The van der Waals surface area contributed by atoms with Crippen molar-refractivity contribution in [3.8, 4) is 11.6 Å². The van der Waals surface area contributed by atoms with Crippen LogP contribution < -0.4 is 5.56 Å². The highest BCUT2D eigenvalue weighted by atomic mass is 32.2. The Hall–Kier alpha value is -2.40. The Kier molecular flexibility index (Phi) is 3.58. The van der Waals surface area contributed by atoms with Crippen LogP contribution in [0, 0.1) is 6.92 Å². The molecule has 0 aliphatic rings. The van der Waals surface area contributed by atoms with Gasteiger partial charge in [0.15, 0.2) is 0 Å². The zero-order valence-electron chi connectivity index (χ0n) is 11.4. The van der Waals surface area contributed by atoms with Gasteiger partial charge in [-0.1, -0.05) is 47.7 Å². The van der Waals surface area contributed by atoms with Gasteiger partial charge in [0.1, 0.15) is 4.90 Å². The molecular formula is C16H14N2O2S. The van der Waals surface area contributed by atoms with Crippen LogP contribution in [0.4, 0.5) is 0 Å². The molecule has 0 fully saturated rings. The standard InChI is InChI=1S/C16H14N2O2S/c1-11-7-9-13(10-8-11)21-14-15(19)17-18(16(14)20)12-5-3-2-4-6-12/h2-10,20H,1H3,(H,17,19). The minimum absolute atomic E-state index is 0.0724. The molecule has 0 atom stereocenters. The molecule has 0 aliphatic heterocycles. The van der Waals surface area contributed by atoms with E-state index in [4.69, 9.17) is 0 Å². The molecule has 0 saturated carbocycles. The maximum absolute atomic E-state index is 12.0. The van der Waals surface area contributed by atoms with Crippen LogP contribution in [-0.2, 0) is 0 Å². The number of nitrogens with one attached hydrogen (secondary N) is 1. The van der Waals surface area contributed by atoms with Gasteiger partial charge in [-0.15, -0.1) is 0 Å². The summed E-state index contributed by atoms with van der Waals surface area (Å²) in [5, 5.41) is 12.9. The number of benzene rings is 2. The van der Waals surface area contributed by atoms with Crippen LogP contribution in [0.3, 0.4) is 0 Å². The number of hydrogen-bond acceptors (Lipinski definition) is 3. The number of para-hydroxylation sites is 1. The smallest absolute Gasteiger partial charge is 0.282 e. The van der Waals surface area contributed by atoms with Crippen molar-refractivity contribution in [2.45, 2.75) is 16.7 Å². The van der Waals surface area contributed by atoms with E-state index in [1.54, 1.807) is 0 Å². The molecule has 2 aromatic carbocycles. The molecule has 1 heterocycles. The molecule has 5 heteroatoms. The van der Waals surface area contributed by atoms with Gasteiger partial charge < -0.3 is 5.11 Å². The first kappa shape index (κ1) is 13.6. The van der Waals surface area contributed by atoms with Gasteiger partial charge >= 0.3 is 0 Å². The third kappa shape index (κ3) is 2.73. The average molecular weight is 298 g/mol. The molecule has 106 valence electrons. The lowest BCUT2D eigenvalue weighted by Gasteiger charge is -2.04. The van der Waals surface area contributed by atoms with Crippen molar-refractivity contribution in [1.82, 2.24) is 9.78 Å². The number of rotatable bonds is 3. The lowest BCUT2D eigenvalue weighted by molar-refractivity contribution is 0.423. The van der Waals surface area contributed by atoms with Gasteiger partial charge in [-0.2, -0.15) is 0 Å². The van der Waals surface area contributed by atoms with Gasteiger partial charge in [-0.25, -0.2) is 4.68 Å². The molecule has 0 amide bonds. The highest BCUT2D eigenvalue weighted by molar-refractivity contribution is 7.99. The topological polar surface area (TPSA) is 58.0 Å². The summed E-state index contributed by atoms with van der Waals surface area (Å²) < 4.78 is 1.39. The molecule has 0 unspecified atom stereocenters. The second-order valence-corrected chi connectivity index (χ2v) is 5.76. The molecule has 2 N–H and O–H groups in total. The first-order chi connectivity index (χ1) is 10.1. The number of aryl methyl sites for hydroxylation is 1. The largest absolute Gasteiger partial charge is 0.492 e. The summed E-state index contributed by atoms with van der Waals surface area (Å²) in [4.78, 5) is 13.3. The Labute approximate surface area is 126 Å². The van der Waals surface area contributed by atoms with E-state index >= 15 is 0 Å². The fourth-order valence-corrected chi connectivity index (χ4v) is 2.82. The summed E-state index contributed by atoms with van der Waals surface area (Å²) in [6.07, 6.45) is 0. The third-order valence-corrected chi connectivity index (χ3v) is 4.17. The van der Waals surface area contributed by atoms with E-state index in [0.29, 0.717) is 10.6 Å². The minimum Gasteiger partial charge on any atom is -0.492 e. The number of aromatic nitrogens is 2. The predicted octanol–water partition coefficient (Wildman–Crippen LogP) is 3.33. The van der Waals surface area contributed by atoms with E-state index in [2.05, 4.69) is 5.10 Å². The fraction of sp³-hybridized carbons (Fsp3) is 0.0625. The summed E-state index contributed by atoms with van der Waals surface area (Å²) in [6.45, 7) is 2.00. The SMILES string of the molecule is Cc1ccc(Sc2c(O)n(-c3ccccc3)[nH]c2=O)cc1. The average Bonchev–Trinajstić information content (AvgIpc) is 2.78. The van der Waals surface area contributed by atoms with Crippen LogP contribution in [0.1, 0.15) is 5.56 Å². The number of aromatic hydroxyl groups is 1. The number of H-pyrrole nitrogens is 1. The van der Waals surface area contributed by atoms with Crippen molar-refractivity contribution >= 4 is 11.8 Å². The second-order valence-electron chi connectivity index (χ2n) is 4.68. The van der Waals surface area contributed by atoms with Gasteiger partial charge in [-0.3, -0.25) is 9.89 Å². The van der Waals surface area contributed by atoms with Crippen molar-refractivity contribution in [3.63, 3.8) is 0 Å². The fourth-order valence-electron chi connectivity index (χ4n) is 1.99. The molecule has 4 nitrogen and oxygen atoms in total. The number of hydrogen-bond donors (Lipinski definition) is 2. The lowest BCUT2D eigenvalue weighted by atomic mass is 10.2.